The zero-order valence-corrected chi connectivity index (χ0v) is 24.8. The molecule has 0 saturated carbocycles. The van der Waals surface area contributed by atoms with Gasteiger partial charge in [-0.1, -0.05) is 11.6 Å². The lowest BCUT2D eigenvalue weighted by atomic mass is 10.0. The van der Waals surface area contributed by atoms with Gasteiger partial charge in [0.15, 0.2) is 5.82 Å². The van der Waals surface area contributed by atoms with E-state index < -0.39 is 29.3 Å². The van der Waals surface area contributed by atoms with E-state index in [1.807, 2.05) is 25.7 Å². The molecule has 4 rings (SSSR count). The maximum atomic E-state index is 15.1. The Morgan fingerprint density at radius 1 is 1.15 bits per heavy atom. The molecular weight excluding hydrogens is 556 g/mol. The number of carbonyl (C=O) groups excluding carboxylic acids is 1. The number of pyridine rings is 1. The Hall–Kier alpha value is -3.51. The number of anilines is 3. The van der Waals surface area contributed by atoms with Crippen LogP contribution in [0.25, 0.3) is 22.2 Å². The predicted octanol–water partition coefficient (Wildman–Crippen LogP) is 4.95. The minimum Gasteiger partial charge on any atom is -0.444 e. The lowest BCUT2D eigenvalue weighted by Crippen LogP contribution is -2.50. The van der Waals surface area contributed by atoms with Gasteiger partial charge in [0.25, 0.3) is 0 Å². The molecule has 0 radical (unpaired) electrons. The number of hydrogen-bond donors (Lipinski definition) is 3. The summed E-state index contributed by atoms with van der Waals surface area (Å²) in [6, 6.07) is 4.67. The highest BCUT2D eigenvalue weighted by atomic mass is 35.5. The molecule has 4 N–H and O–H groups in total. The van der Waals surface area contributed by atoms with Crippen LogP contribution in [-0.2, 0) is 4.74 Å². The number of fused-ring (bicyclic) bond motifs is 1. The topological polar surface area (TPSA) is 130 Å². The number of ether oxygens (including phenoxy) is 1. The van der Waals surface area contributed by atoms with Crippen molar-refractivity contribution in [2.24, 2.45) is 0 Å². The van der Waals surface area contributed by atoms with Crippen LogP contribution in [0.4, 0.5) is 31.2 Å². The molecule has 10 nitrogen and oxygen atoms in total. The number of rotatable bonds is 6. The van der Waals surface area contributed by atoms with E-state index in [9.17, 15) is 14.3 Å². The van der Waals surface area contributed by atoms with E-state index in [-0.39, 0.29) is 34.6 Å². The highest BCUT2D eigenvalue weighted by molar-refractivity contribution is 6.34. The molecule has 13 heteroatoms. The highest BCUT2D eigenvalue weighted by Crippen LogP contribution is 2.37. The van der Waals surface area contributed by atoms with Gasteiger partial charge in [-0.15, -0.1) is 0 Å². The number of aryl methyl sites for hydroxylation is 1. The van der Waals surface area contributed by atoms with Crippen LogP contribution in [0.1, 0.15) is 40.2 Å². The van der Waals surface area contributed by atoms with Crippen molar-refractivity contribution in [2.75, 3.05) is 48.7 Å². The molecule has 3 aromatic rings. The average molecular weight is 592 g/mol. The molecule has 2 aromatic heterocycles. The number of piperazine rings is 1. The summed E-state index contributed by atoms with van der Waals surface area (Å²) in [6.45, 7) is 11.2. The van der Waals surface area contributed by atoms with E-state index in [4.69, 9.17) is 22.1 Å². The second kappa shape index (κ2) is 11.4. The van der Waals surface area contributed by atoms with Crippen molar-refractivity contribution in [3.05, 3.63) is 34.6 Å². The number of nitrogens with zero attached hydrogens (tertiary/aromatic N) is 5. The van der Waals surface area contributed by atoms with Gasteiger partial charge < -0.3 is 30.7 Å². The maximum Gasteiger partial charge on any atom is 0.410 e. The van der Waals surface area contributed by atoms with Gasteiger partial charge in [0, 0.05) is 37.1 Å². The van der Waals surface area contributed by atoms with Crippen molar-refractivity contribution in [2.45, 2.75) is 58.9 Å². The lowest BCUT2D eigenvalue weighted by molar-refractivity contribution is 0.00316. The van der Waals surface area contributed by atoms with Gasteiger partial charge in [-0.05, 0) is 65.3 Å². The second-order valence-electron chi connectivity index (χ2n) is 11.7. The molecule has 0 aliphatic carbocycles. The summed E-state index contributed by atoms with van der Waals surface area (Å²) in [5, 5.41) is 13.7. The molecule has 0 spiro atoms. The molecular formula is C28H36ClF2N7O3. The van der Waals surface area contributed by atoms with Crippen LogP contribution in [-0.4, -0.2) is 81.1 Å². The minimum absolute atomic E-state index is 0.0131. The van der Waals surface area contributed by atoms with Gasteiger partial charge in [-0.2, -0.15) is 4.98 Å². The second-order valence-corrected chi connectivity index (χ2v) is 12.1. The molecule has 0 bridgehead atoms. The number of nitrogen functional groups attached to an aromatic ring is 1. The van der Waals surface area contributed by atoms with E-state index in [0.717, 1.165) is 0 Å². The SMILES string of the molecule is Cc1cc(N)nc(-c2cc3nc(NCC(F)C(C)(C)O)nc(N4CCN(C(=O)OC(C)(C)C)CC4)c3cc2Cl)c1F. The number of aliphatic hydroxyl groups is 1. The van der Waals surface area contributed by atoms with Crippen molar-refractivity contribution < 1.29 is 23.4 Å². The fourth-order valence-corrected chi connectivity index (χ4v) is 4.61. The summed E-state index contributed by atoms with van der Waals surface area (Å²) in [6.07, 6.45) is -2.00. The van der Waals surface area contributed by atoms with Crippen molar-refractivity contribution in [3.63, 3.8) is 0 Å². The summed E-state index contributed by atoms with van der Waals surface area (Å²) in [4.78, 5) is 29.5. The molecule has 3 heterocycles. The zero-order valence-electron chi connectivity index (χ0n) is 24.1. The maximum absolute atomic E-state index is 15.1. The molecule has 1 unspecified atom stereocenters. The number of halogens is 3. The largest absolute Gasteiger partial charge is 0.444 e. The highest BCUT2D eigenvalue weighted by Gasteiger charge is 2.29. The Morgan fingerprint density at radius 2 is 1.80 bits per heavy atom. The number of hydrogen-bond acceptors (Lipinski definition) is 9. The number of nitrogens with two attached hydrogens (primary N) is 1. The molecule has 1 aliphatic rings. The fraction of sp³-hybridized carbons (Fsp3) is 0.500. The van der Waals surface area contributed by atoms with Crippen molar-refractivity contribution >= 4 is 46.2 Å². The first kappa shape index (κ1) is 30.4. The summed E-state index contributed by atoms with van der Waals surface area (Å²) in [7, 11) is 0. The Labute approximate surface area is 242 Å². The third-order valence-corrected chi connectivity index (χ3v) is 6.93. The normalized spacial score (nSPS) is 15.3. The predicted molar refractivity (Wildman–Crippen MR) is 157 cm³/mol. The van der Waals surface area contributed by atoms with E-state index in [1.54, 1.807) is 24.0 Å². The summed E-state index contributed by atoms with van der Waals surface area (Å²) in [5.74, 6) is 0.200. The van der Waals surface area contributed by atoms with Crippen LogP contribution < -0.4 is 16.0 Å². The van der Waals surface area contributed by atoms with Crippen molar-refractivity contribution in [3.8, 4) is 11.3 Å². The first-order chi connectivity index (χ1) is 19.0. The Bertz CT molecular complexity index is 1450. The van der Waals surface area contributed by atoms with Crippen LogP contribution in [0, 0.1) is 12.7 Å². The average Bonchev–Trinajstić information content (AvgIpc) is 2.87. The third kappa shape index (κ3) is 7.05. The molecule has 1 amide bonds. The number of alkyl halides is 1. The van der Waals surface area contributed by atoms with E-state index in [1.165, 1.54) is 19.9 Å². The van der Waals surface area contributed by atoms with Crippen LogP contribution in [0.2, 0.25) is 5.02 Å². The minimum atomic E-state index is -1.60. The number of carbonyl (C=O) groups is 1. The number of amides is 1. The number of benzene rings is 1. The van der Waals surface area contributed by atoms with Crippen LogP contribution in [0.3, 0.4) is 0 Å². The van der Waals surface area contributed by atoms with Gasteiger partial charge in [0.05, 0.1) is 22.7 Å². The van der Waals surface area contributed by atoms with Crippen LogP contribution >= 0.6 is 11.6 Å². The van der Waals surface area contributed by atoms with Crippen molar-refractivity contribution in [1.82, 2.24) is 19.9 Å². The molecule has 1 saturated heterocycles. The molecule has 1 aromatic carbocycles. The van der Waals surface area contributed by atoms with Crippen LogP contribution in [0.5, 0.6) is 0 Å². The molecule has 1 aliphatic heterocycles. The fourth-order valence-electron chi connectivity index (χ4n) is 4.35. The number of nitrogens with one attached hydrogen (secondary N) is 1. The Morgan fingerprint density at radius 3 is 2.41 bits per heavy atom. The van der Waals surface area contributed by atoms with Crippen molar-refractivity contribution in [1.29, 1.82) is 0 Å². The Kier molecular flexibility index (Phi) is 8.47. The molecule has 222 valence electrons. The quantitative estimate of drug-likeness (QED) is 0.364. The van der Waals surface area contributed by atoms with E-state index in [0.29, 0.717) is 48.5 Å². The van der Waals surface area contributed by atoms with Gasteiger partial charge >= 0.3 is 6.09 Å². The first-order valence-corrected chi connectivity index (χ1v) is 13.7. The molecule has 1 fully saturated rings. The van der Waals surface area contributed by atoms with Crippen LogP contribution in [0.15, 0.2) is 18.2 Å². The first-order valence-electron chi connectivity index (χ1n) is 13.3. The standard InChI is InChI=1S/C28H36ClF2N7O3/c1-15-11-21(32)35-23(22(15)31)16-13-19-17(12-18(16)29)24(36-25(34-19)33-14-20(30)28(5,6)40)37-7-9-38(10-8-37)26(39)41-27(2,3)4/h11-13,20,40H,7-10,14H2,1-6H3,(H2,32,35)(H,33,34,36). The summed E-state index contributed by atoms with van der Waals surface area (Å²) in [5.41, 5.74) is 4.71. The van der Waals surface area contributed by atoms with E-state index in [2.05, 4.69) is 20.3 Å². The van der Waals surface area contributed by atoms with Gasteiger partial charge in [0.2, 0.25) is 5.95 Å². The number of aromatic nitrogens is 3. The van der Waals surface area contributed by atoms with Gasteiger partial charge in [-0.25, -0.2) is 23.5 Å². The monoisotopic (exact) mass is 591 g/mol. The summed E-state index contributed by atoms with van der Waals surface area (Å²) >= 11 is 6.66. The zero-order chi connectivity index (χ0) is 30.3. The third-order valence-electron chi connectivity index (χ3n) is 6.62. The lowest BCUT2D eigenvalue weighted by Gasteiger charge is -2.36. The van der Waals surface area contributed by atoms with E-state index >= 15 is 4.39 Å². The van der Waals surface area contributed by atoms with Gasteiger partial charge in [-0.3, -0.25) is 0 Å². The summed E-state index contributed by atoms with van der Waals surface area (Å²) < 4.78 is 35.1. The van der Waals surface area contributed by atoms with Gasteiger partial charge in [0.1, 0.15) is 29.1 Å². The smallest absolute Gasteiger partial charge is 0.410 e. The molecule has 41 heavy (non-hydrogen) atoms. The molecule has 1 atom stereocenters. The Balaban J connectivity index is 1.74.